The van der Waals surface area contributed by atoms with Crippen LogP contribution in [-0.2, 0) is 0 Å². The van der Waals surface area contributed by atoms with Crippen LogP contribution in [0.4, 0.5) is 0 Å². The lowest BCUT2D eigenvalue weighted by molar-refractivity contribution is 0.125. The van der Waals surface area contributed by atoms with Crippen molar-refractivity contribution in [3.63, 3.8) is 0 Å². The summed E-state index contributed by atoms with van der Waals surface area (Å²) in [6.45, 7) is 2.13. The molecule has 0 aromatic heterocycles. The van der Waals surface area contributed by atoms with Crippen LogP contribution >= 0.6 is 0 Å². The van der Waals surface area contributed by atoms with Crippen LogP contribution < -0.4 is 5.32 Å². The highest BCUT2D eigenvalue weighted by atomic mass is 16.3. The van der Waals surface area contributed by atoms with E-state index in [1.165, 1.54) is 23.6 Å². The molecule has 3 rings (SSSR count). The lowest BCUT2D eigenvalue weighted by Crippen LogP contribution is -2.35. The SMILES string of the molecule is CCC(NC1CC1)C(O)c1ccc2ccccc2c1. The van der Waals surface area contributed by atoms with Crippen molar-refractivity contribution < 1.29 is 5.11 Å². The number of hydrogen-bond acceptors (Lipinski definition) is 2. The molecule has 2 aromatic rings. The second-order valence-corrected chi connectivity index (χ2v) is 5.51. The molecule has 2 aromatic carbocycles. The summed E-state index contributed by atoms with van der Waals surface area (Å²) in [5.74, 6) is 0. The minimum Gasteiger partial charge on any atom is -0.387 e. The lowest BCUT2D eigenvalue weighted by atomic mass is 9.97. The molecule has 0 amide bonds. The predicted molar refractivity (Wildman–Crippen MR) is 79.1 cm³/mol. The zero-order valence-electron chi connectivity index (χ0n) is 11.3. The number of hydrogen-bond donors (Lipinski definition) is 2. The Labute approximate surface area is 114 Å². The molecule has 2 N–H and O–H groups in total. The highest BCUT2D eigenvalue weighted by Gasteiger charge is 2.28. The molecule has 0 saturated heterocycles. The molecule has 0 aliphatic heterocycles. The molecular formula is C17H21NO. The van der Waals surface area contributed by atoms with E-state index in [4.69, 9.17) is 0 Å². The first-order valence-electron chi connectivity index (χ1n) is 7.20. The molecule has 0 spiro atoms. The number of aliphatic hydroxyl groups excluding tert-OH is 1. The van der Waals surface area contributed by atoms with Crippen molar-refractivity contribution in [1.29, 1.82) is 0 Å². The normalized spacial score (nSPS) is 18.4. The van der Waals surface area contributed by atoms with E-state index in [0.29, 0.717) is 6.04 Å². The van der Waals surface area contributed by atoms with Gasteiger partial charge in [0, 0.05) is 12.1 Å². The molecule has 2 unspecified atom stereocenters. The van der Waals surface area contributed by atoms with Gasteiger partial charge >= 0.3 is 0 Å². The number of rotatable bonds is 5. The molecule has 1 saturated carbocycles. The lowest BCUT2D eigenvalue weighted by Gasteiger charge is -2.23. The molecule has 1 aliphatic rings. The summed E-state index contributed by atoms with van der Waals surface area (Å²) in [6, 6.07) is 15.3. The topological polar surface area (TPSA) is 32.3 Å². The highest BCUT2D eigenvalue weighted by molar-refractivity contribution is 5.83. The molecule has 1 aliphatic carbocycles. The summed E-state index contributed by atoms with van der Waals surface area (Å²) < 4.78 is 0. The molecule has 0 bridgehead atoms. The van der Waals surface area contributed by atoms with Crippen molar-refractivity contribution in [2.24, 2.45) is 0 Å². The van der Waals surface area contributed by atoms with Crippen molar-refractivity contribution >= 4 is 10.8 Å². The molecular weight excluding hydrogens is 234 g/mol. The van der Waals surface area contributed by atoms with Gasteiger partial charge in [-0.1, -0.05) is 43.3 Å². The third-order valence-electron chi connectivity index (χ3n) is 3.96. The van der Waals surface area contributed by atoms with Gasteiger partial charge in [-0.15, -0.1) is 0 Å². The predicted octanol–water partition coefficient (Wildman–Crippen LogP) is 3.40. The summed E-state index contributed by atoms with van der Waals surface area (Å²) in [5.41, 5.74) is 1.01. The minimum absolute atomic E-state index is 0.161. The molecule has 2 atom stereocenters. The van der Waals surface area contributed by atoms with Crippen LogP contribution in [0.3, 0.4) is 0 Å². The first kappa shape index (κ1) is 12.6. The van der Waals surface area contributed by atoms with Gasteiger partial charge in [0.05, 0.1) is 6.10 Å². The van der Waals surface area contributed by atoms with Crippen molar-refractivity contribution in [1.82, 2.24) is 5.32 Å². The third kappa shape index (κ3) is 2.80. The number of nitrogens with one attached hydrogen (secondary N) is 1. The largest absolute Gasteiger partial charge is 0.387 e. The van der Waals surface area contributed by atoms with Gasteiger partial charge in [-0.3, -0.25) is 0 Å². The Morgan fingerprint density at radius 1 is 1.16 bits per heavy atom. The smallest absolute Gasteiger partial charge is 0.0943 e. The van der Waals surface area contributed by atoms with Gasteiger partial charge in [0.1, 0.15) is 0 Å². The van der Waals surface area contributed by atoms with E-state index < -0.39 is 6.10 Å². The van der Waals surface area contributed by atoms with Gasteiger partial charge in [0.15, 0.2) is 0 Å². The van der Waals surface area contributed by atoms with Gasteiger partial charge < -0.3 is 10.4 Å². The summed E-state index contributed by atoms with van der Waals surface area (Å²) in [5, 5.41) is 16.5. The van der Waals surface area contributed by atoms with Gasteiger partial charge in [-0.05, 0) is 41.7 Å². The Balaban J connectivity index is 1.84. The Hall–Kier alpha value is -1.38. The number of benzene rings is 2. The van der Waals surface area contributed by atoms with E-state index in [1.54, 1.807) is 0 Å². The second-order valence-electron chi connectivity index (χ2n) is 5.51. The zero-order chi connectivity index (χ0) is 13.2. The van der Waals surface area contributed by atoms with Gasteiger partial charge in [0.2, 0.25) is 0 Å². The van der Waals surface area contributed by atoms with Crippen LogP contribution in [0.15, 0.2) is 42.5 Å². The van der Waals surface area contributed by atoms with Gasteiger partial charge in [-0.25, -0.2) is 0 Å². The average Bonchev–Trinajstić information content (AvgIpc) is 3.27. The van der Waals surface area contributed by atoms with Crippen LogP contribution in [0.2, 0.25) is 0 Å². The first-order chi connectivity index (χ1) is 9.28. The van der Waals surface area contributed by atoms with Crippen molar-refractivity contribution in [3.8, 4) is 0 Å². The number of aliphatic hydroxyl groups is 1. The fourth-order valence-corrected chi connectivity index (χ4v) is 2.61. The summed E-state index contributed by atoms with van der Waals surface area (Å²) in [6.07, 6.45) is 3.03. The van der Waals surface area contributed by atoms with E-state index in [-0.39, 0.29) is 6.04 Å². The average molecular weight is 255 g/mol. The van der Waals surface area contributed by atoms with Crippen LogP contribution in [0.5, 0.6) is 0 Å². The quantitative estimate of drug-likeness (QED) is 0.858. The molecule has 0 radical (unpaired) electrons. The Morgan fingerprint density at radius 3 is 2.58 bits per heavy atom. The first-order valence-corrected chi connectivity index (χ1v) is 7.20. The molecule has 2 heteroatoms. The summed E-state index contributed by atoms with van der Waals surface area (Å²) in [4.78, 5) is 0. The molecule has 2 nitrogen and oxygen atoms in total. The summed E-state index contributed by atoms with van der Waals surface area (Å²) >= 11 is 0. The second kappa shape index (κ2) is 5.32. The maximum Gasteiger partial charge on any atom is 0.0943 e. The maximum atomic E-state index is 10.6. The highest BCUT2D eigenvalue weighted by Crippen LogP contribution is 2.27. The fourth-order valence-electron chi connectivity index (χ4n) is 2.61. The van der Waals surface area contributed by atoms with Crippen LogP contribution in [0.1, 0.15) is 37.9 Å². The van der Waals surface area contributed by atoms with Crippen molar-refractivity contribution in [3.05, 3.63) is 48.0 Å². The molecule has 100 valence electrons. The van der Waals surface area contributed by atoms with Gasteiger partial charge in [-0.2, -0.15) is 0 Å². The maximum absolute atomic E-state index is 10.6. The van der Waals surface area contributed by atoms with Crippen LogP contribution in [0.25, 0.3) is 10.8 Å². The zero-order valence-corrected chi connectivity index (χ0v) is 11.3. The Bertz CT molecular complexity index is 562. The van der Waals surface area contributed by atoms with E-state index in [2.05, 4.69) is 36.5 Å². The van der Waals surface area contributed by atoms with Crippen molar-refractivity contribution in [2.45, 2.75) is 44.4 Å². The fraction of sp³-hybridized carbons (Fsp3) is 0.412. The van der Waals surface area contributed by atoms with Gasteiger partial charge in [0.25, 0.3) is 0 Å². The monoisotopic (exact) mass is 255 g/mol. The van der Waals surface area contributed by atoms with E-state index in [0.717, 1.165) is 12.0 Å². The standard InChI is InChI=1S/C17H21NO/c1-2-16(18-15-9-10-15)17(19)14-8-7-12-5-3-4-6-13(12)11-14/h3-8,11,15-19H,2,9-10H2,1H3. The van der Waals surface area contributed by atoms with E-state index in [1.807, 2.05) is 18.2 Å². The third-order valence-corrected chi connectivity index (χ3v) is 3.96. The Morgan fingerprint density at radius 2 is 1.89 bits per heavy atom. The van der Waals surface area contributed by atoms with E-state index in [9.17, 15) is 5.11 Å². The molecule has 0 heterocycles. The Kier molecular flexibility index (Phi) is 3.54. The molecule has 1 fully saturated rings. The van der Waals surface area contributed by atoms with Crippen molar-refractivity contribution in [2.75, 3.05) is 0 Å². The minimum atomic E-state index is -0.421. The van der Waals surface area contributed by atoms with E-state index >= 15 is 0 Å². The molecule has 19 heavy (non-hydrogen) atoms. The van der Waals surface area contributed by atoms with Crippen LogP contribution in [-0.4, -0.2) is 17.2 Å². The van der Waals surface area contributed by atoms with Crippen LogP contribution in [0, 0.1) is 0 Å². The summed E-state index contributed by atoms with van der Waals surface area (Å²) in [7, 11) is 0. The number of fused-ring (bicyclic) bond motifs is 1.